The van der Waals surface area contributed by atoms with Gasteiger partial charge >= 0.3 is 0 Å². The lowest BCUT2D eigenvalue weighted by atomic mass is 10.3. The Balaban J connectivity index is 2.16. The molecule has 1 aliphatic carbocycles. The van der Waals surface area contributed by atoms with Crippen LogP contribution in [0.2, 0.25) is 0 Å². The summed E-state index contributed by atoms with van der Waals surface area (Å²) in [6.45, 7) is 3.06. The highest BCUT2D eigenvalue weighted by Crippen LogP contribution is 2.28. The fourth-order valence-electron chi connectivity index (χ4n) is 1.58. The number of carbonyl (C=O) groups excluding carboxylic acids is 1. The van der Waals surface area contributed by atoms with Crippen LogP contribution in [0.4, 0.5) is 0 Å². The van der Waals surface area contributed by atoms with E-state index in [1.165, 1.54) is 6.34 Å². The molecule has 7 heteroatoms. The van der Waals surface area contributed by atoms with E-state index in [-0.39, 0.29) is 23.7 Å². The third-order valence-corrected chi connectivity index (χ3v) is 3.29. The predicted molar refractivity (Wildman–Crippen MR) is 75.2 cm³/mol. The first-order chi connectivity index (χ1) is 8.95. The number of nitrogens with zero attached hydrogens (tertiary/aromatic N) is 2. The van der Waals surface area contributed by atoms with Gasteiger partial charge < -0.3 is 10.6 Å². The number of nitrogens with one attached hydrogen (secondary N) is 4. The summed E-state index contributed by atoms with van der Waals surface area (Å²) in [6, 6.07) is 0.193. The van der Waals surface area contributed by atoms with Crippen LogP contribution in [0, 0.1) is 16.7 Å². The van der Waals surface area contributed by atoms with E-state index < -0.39 is 0 Å². The smallest absolute Gasteiger partial charge is 0.228 e. The van der Waals surface area contributed by atoms with Gasteiger partial charge in [-0.2, -0.15) is 0 Å². The molecule has 1 amide bonds. The van der Waals surface area contributed by atoms with Gasteiger partial charge in [0.1, 0.15) is 5.84 Å². The van der Waals surface area contributed by atoms with Crippen LogP contribution in [0.15, 0.2) is 0 Å². The lowest BCUT2D eigenvalue weighted by Crippen LogP contribution is -2.47. The summed E-state index contributed by atoms with van der Waals surface area (Å²) in [5.41, 5.74) is 0. The molecule has 1 rings (SSSR count). The van der Waals surface area contributed by atoms with Crippen molar-refractivity contribution in [2.75, 3.05) is 27.2 Å². The van der Waals surface area contributed by atoms with Crippen LogP contribution in [-0.4, -0.2) is 61.3 Å². The molecule has 0 heterocycles. The van der Waals surface area contributed by atoms with Crippen LogP contribution in [0.25, 0.3) is 0 Å². The number of hydrogen-bond acceptors (Lipinski definition) is 5. The molecular formula is C12H24N6O. The number of likely N-dealkylation sites (N-methyl/N-ethyl adjacent to an activating group) is 1. The second-order valence-electron chi connectivity index (χ2n) is 5.00. The maximum Gasteiger partial charge on any atom is 0.228 e. The zero-order valence-corrected chi connectivity index (χ0v) is 11.9. The van der Waals surface area contributed by atoms with E-state index in [0.717, 1.165) is 12.8 Å². The molecule has 0 aromatic heterocycles. The van der Waals surface area contributed by atoms with Gasteiger partial charge in [0.25, 0.3) is 0 Å². The predicted octanol–water partition coefficient (Wildman–Crippen LogP) is -0.146. The monoisotopic (exact) mass is 268 g/mol. The third-order valence-electron chi connectivity index (χ3n) is 3.29. The molecule has 0 aromatic rings. The first-order valence-electron chi connectivity index (χ1n) is 6.51. The second kappa shape index (κ2) is 7.20. The van der Waals surface area contributed by atoms with Gasteiger partial charge in [-0.1, -0.05) is 0 Å². The average Bonchev–Trinajstić information content (AvgIpc) is 3.20. The number of rotatable bonds is 8. The van der Waals surface area contributed by atoms with Crippen molar-refractivity contribution in [3.8, 4) is 0 Å². The van der Waals surface area contributed by atoms with Crippen LogP contribution < -0.4 is 10.6 Å². The SMILES string of the molecule is CC(CNCC(=N)NC(=O)C1CC1)N(C)N(C)C=N. The van der Waals surface area contributed by atoms with Crippen molar-refractivity contribution in [3.63, 3.8) is 0 Å². The molecule has 0 aromatic carbocycles. The molecule has 108 valence electrons. The highest BCUT2D eigenvalue weighted by Gasteiger charge is 2.29. The zero-order chi connectivity index (χ0) is 14.4. The van der Waals surface area contributed by atoms with Crippen molar-refractivity contribution in [2.24, 2.45) is 5.92 Å². The first-order valence-corrected chi connectivity index (χ1v) is 6.51. The molecule has 7 nitrogen and oxygen atoms in total. The summed E-state index contributed by atoms with van der Waals surface area (Å²) in [7, 11) is 3.71. The minimum atomic E-state index is -0.0273. The van der Waals surface area contributed by atoms with Gasteiger partial charge in [-0.25, -0.2) is 5.01 Å². The molecule has 4 N–H and O–H groups in total. The number of amides is 1. The minimum absolute atomic E-state index is 0.0273. The summed E-state index contributed by atoms with van der Waals surface area (Å²) < 4.78 is 0. The summed E-state index contributed by atoms with van der Waals surface area (Å²) in [5.74, 6) is 0.319. The van der Waals surface area contributed by atoms with E-state index in [2.05, 4.69) is 10.6 Å². The molecular weight excluding hydrogens is 244 g/mol. The van der Waals surface area contributed by atoms with Gasteiger partial charge in [-0.15, -0.1) is 0 Å². The molecule has 0 radical (unpaired) electrons. The fourth-order valence-corrected chi connectivity index (χ4v) is 1.58. The van der Waals surface area contributed by atoms with Crippen LogP contribution in [0.1, 0.15) is 19.8 Å². The van der Waals surface area contributed by atoms with E-state index in [0.29, 0.717) is 13.1 Å². The molecule has 1 fully saturated rings. The van der Waals surface area contributed by atoms with Crippen molar-refractivity contribution in [1.82, 2.24) is 20.7 Å². The summed E-state index contributed by atoms with van der Waals surface area (Å²) >= 11 is 0. The van der Waals surface area contributed by atoms with E-state index >= 15 is 0 Å². The Morgan fingerprint density at radius 3 is 2.63 bits per heavy atom. The highest BCUT2D eigenvalue weighted by molar-refractivity contribution is 5.99. The van der Waals surface area contributed by atoms with E-state index in [9.17, 15) is 4.79 Å². The molecule has 1 saturated carbocycles. The Morgan fingerprint density at radius 2 is 2.11 bits per heavy atom. The zero-order valence-electron chi connectivity index (χ0n) is 11.9. The number of amidine groups is 1. The second-order valence-corrected chi connectivity index (χ2v) is 5.00. The van der Waals surface area contributed by atoms with Crippen molar-refractivity contribution >= 4 is 18.1 Å². The van der Waals surface area contributed by atoms with Gasteiger partial charge in [-0.05, 0) is 19.8 Å². The normalized spacial score (nSPS) is 16.0. The van der Waals surface area contributed by atoms with Gasteiger partial charge in [0.05, 0.1) is 12.9 Å². The summed E-state index contributed by atoms with van der Waals surface area (Å²) in [5, 5.41) is 24.2. The molecule has 0 spiro atoms. The van der Waals surface area contributed by atoms with Crippen molar-refractivity contribution in [2.45, 2.75) is 25.8 Å². The summed E-state index contributed by atoms with van der Waals surface area (Å²) in [4.78, 5) is 11.4. The fraction of sp³-hybridized carbons (Fsp3) is 0.750. The maximum absolute atomic E-state index is 11.4. The lowest BCUT2D eigenvalue weighted by molar-refractivity contribution is -0.120. The number of hydrazine groups is 1. The van der Waals surface area contributed by atoms with Crippen LogP contribution in [0.5, 0.6) is 0 Å². The summed E-state index contributed by atoms with van der Waals surface area (Å²) in [6.07, 6.45) is 3.14. The van der Waals surface area contributed by atoms with Crippen molar-refractivity contribution in [3.05, 3.63) is 0 Å². The molecule has 0 aliphatic heterocycles. The maximum atomic E-state index is 11.4. The number of hydrogen-bond donors (Lipinski definition) is 4. The Hall–Kier alpha value is -1.47. The van der Waals surface area contributed by atoms with E-state index in [1.54, 1.807) is 12.1 Å². The highest BCUT2D eigenvalue weighted by atomic mass is 16.2. The standard InChI is InChI=1S/C12H24N6O/c1-9(18(3)17(2)8-13)6-15-7-11(14)16-12(19)10-4-5-10/h8-10,13,15H,4-7H2,1-3H3,(H2,14,16,19). The molecule has 0 bridgehead atoms. The largest absolute Gasteiger partial charge is 0.313 e. The third kappa shape index (κ3) is 5.35. The first kappa shape index (κ1) is 15.6. The number of carbonyl (C=O) groups is 1. The molecule has 1 unspecified atom stereocenters. The Morgan fingerprint density at radius 1 is 1.47 bits per heavy atom. The topological polar surface area (TPSA) is 95.3 Å². The van der Waals surface area contributed by atoms with Gasteiger partial charge in [0, 0.05) is 32.6 Å². The average molecular weight is 268 g/mol. The molecule has 0 saturated heterocycles. The Bertz CT molecular complexity index is 341. The van der Waals surface area contributed by atoms with E-state index in [1.807, 2.05) is 19.0 Å². The quantitative estimate of drug-likeness (QED) is 0.280. The van der Waals surface area contributed by atoms with E-state index in [4.69, 9.17) is 10.8 Å². The lowest BCUT2D eigenvalue weighted by Gasteiger charge is -2.31. The van der Waals surface area contributed by atoms with Crippen molar-refractivity contribution < 1.29 is 4.79 Å². The van der Waals surface area contributed by atoms with Crippen molar-refractivity contribution in [1.29, 1.82) is 10.8 Å². The van der Waals surface area contributed by atoms with Crippen LogP contribution in [-0.2, 0) is 4.79 Å². The minimum Gasteiger partial charge on any atom is -0.313 e. The molecule has 1 atom stereocenters. The van der Waals surface area contributed by atoms with Gasteiger partial charge in [0.2, 0.25) is 5.91 Å². The van der Waals surface area contributed by atoms with Gasteiger partial charge in [0.15, 0.2) is 0 Å². The molecule has 19 heavy (non-hydrogen) atoms. The Labute approximate surface area is 114 Å². The van der Waals surface area contributed by atoms with Crippen LogP contribution in [0.3, 0.4) is 0 Å². The Kier molecular flexibility index (Phi) is 5.91. The molecule has 1 aliphatic rings. The van der Waals surface area contributed by atoms with Crippen LogP contribution >= 0.6 is 0 Å². The van der Waals surface area contributed by atoms with Gasteiger partial charge in [-0.3, -0.25) is 20.6 Å².